The Morgan fingerprint density at radius 2 is 0.622 bits per heavy atom. The first-order valence-electron chi connectivity index (χ1n) is 31.0. The first-order chi connectivity index (χ1) is 40.2. The van der Waals surface area contributed by atoms with Crippen molar-refractivity contribution in [1.29, 1.82) is 0 Å². The van der Waals surface area contributed by atoms with E-state index in [2.05, 4.69) is 179 Å². The van der Waals surface area contributed by atoms with Crippen molar-refractivity contribution in [2.24, 2.45) is 0 Å². The van der Waals surface area contributed by atoms with Crippen molar-refractivity contribution in [3.05, 3.63) is 170 Å². The van der Waals surface area contributed by atoms with Crippen molar-refractivity contribution in [3.63, 3.8) is 0 Å². The molecule has 0 spiro atoms. The van der Waals surface area contributed by atoms with Gasteiger partial charge in [-0.1, -0.05) is 229 Å². The van der Waals surface area contributed by atoms with Gasteiger partial charge in [-0.2, -0.15) is 0 Å². The lowest BCUT2D eigenvalue weighted by molar-refractivity contribution is -0.161. The number of ether oxygens (including phenoxy) is 3. The second kappa shape index (κ2) is 61.9. The average Bonchev–Trinajstić information content (AvgIpc) is 3.47. The molecule has 82 heavy (non-hydrogen) atoms. The second-order valence-electron chi connectivity index (χ2n) is 19.7. The number of phosphoric ester groups is 1. The number of carbonyl (C=O) groups is 3. The second-order valence-corrected chi connectivity index (χ2v) is 21.2. The lowest BCUT2D eigenvalue weighted by Crippen LogP contribution is -2.30. The predicted octanol–water partition coefficient (Wildman–Crippen LogP) is 19.0. The predicted molar refractivity (Wildman–Crippen MR) is 343 cm³/mol. The Kier molecular flexibility index (Phi) is 58.0. The summed E-state index contributed by atoms with van der Waals surface area (Å²) < 4.78 is 39.5. The molecule has 0 rings (SSSR count). The zero-order chi connectivity index (χ0) is 59.8. The molecule has 0 fully saturated rings. The van der Waals surface area contributed by atoms with Gasteiger partial charge in [0.15, 0.2) is 6.10 Å². The topological polar surface area (TPSA) is 155 Å². The Balaban J connectivity index is 4.90. The lowest BCUT2D eigenvalue weighted by atomic mass is 10.1. The number of aliphatic hydroxyl groups is 1. The van der Waals surface area contributed by atoms with Crippen LogP contribution in [0.25, 0.3) is 0 Å². The number of phosphoric acid groups is 1. The van der Waals surface area contributed by atoms with Gasteiger partial charge in [0.1, 0.15) is 12.7 Å². The van der Waals surface area contributed by atoms with Crippen molar-refractivity contribution in [1.82, 2.24) is 0 Å². The van der Waals surface area contributed by atoms with Gasteiger partial charge in [0.25, 0.3) is 0 Å². The van der Waals surface area contributed by atoms with Crippen LogP contribution in [-0.4, -0.2) is 66.5 Å². The Morgan fingerprint density at radius 1 is 0.341 bits per heavy atom. The number of esters is 3. The monoisotopic (exact) mass is 1160 g/mol. The van der Waals surface area contributed by atoms with E-state index in [4.69, 9.17) is 23.3 Å². The van der Waals surface area contributed by atoms with E-state index in [9.17, 15) is 28.9 Å². The first kappa shape index (κ1) is 76.8. The fourth-order valence-electron chi connectivity index (χ4n) is 7.54. The van der Waals surface area contributed by atoms with Gasteiger partial charge in [-0.15, -0.1) is 0 Å². The fourth-order valence-corrected chi connectivity index (χ4v) is 8.32. The zero-order valence-corrected chi connectivity index (χ0v) is 51.8. The van der Waals surface area contributed by atoms with Crippen molar-refractivity contribution in [2.45, 2.75) is 226 Å². The molecule has 0 bridgehead atoms. The van der Waals surface area contributed by atoms with E-state index in [-0.39, 0.29) is 19.3 Å². The number of aliphatic hydroxyl groups excluding tert-OH is 1. The highest BCUT2D eigenvalue weighted by molar-refractivity contribution is 7.47. The van der Waals surface area contributed by atoms with Gasteiger partial charge in [0.05, 0.1) is 19.8 Å². The van der Waals surface area contributed by atoms with Crippen LogP contribution in [0.5, 0.6) is 0 Å². The molecule has 0 aliphatic rings. The average molecular weight is 1160 g/mol. The minimum Gasteiger partial charge on any atom is -0.462 e. The summed E-state index contributed by atoms with van der Waals surface area (Å²) in [5.74, 6) is -1.63. The van der Waals surface area contributed by atoms with Crippen molar-refractivity contribution in [2.75, 3.05) is 26.4 Å². The number of hydrogen-bond acceptors (Lipinski definition) is 10. The van der Waals surface area contributed by atoms with Gasteiger partial charge < -0.3 is 24.2 Å². The van der Waals surface area contributed by atoms with Gasteiger partial charge in [0, 0.05) is 19.3 Å². The Hall–Kier alpha value is -5.16. The molecule has 3 unspecified atom stereocenters. The molecular formula is C70H109O11P. The summed E-state index contributed by atoms with van der Waals surface area (Å²) in [6.07, 6.45) is 83.2. The Morgan fingerprint density at radius 3 is 0.963 bits per heavy atom. The molecule has 0 aliphatic carbocycles. The summed E-state index contributed by atoms with van der Waals surface area (Å²) in [4.78, 5) is 48.7. The largest absolute Gasteiger partial charge is 0.472 e. The quantitative estimate of drug-likeness (QED) is 0.0197. The molecular weight excluding hydrogens is 1050 g/mol. The van der Waals surface area contributed by atoms with Crippen molar-refractivity contribution in [3.8, 4) is 0 Å². The number of allylic oxidation sites excluding steroid dienone is 28. The van der Waals surface area contributed by atoms with E-state index in [1.54, 1.807) is 0 Å². The minimum atomic E-state index is -4.79. The summed E-state index contributed by atoms with van der Waals surface area (Å²) in [6.45, 7) is 4.16. The Bertz CT molecular complexity index is 2030. The molecule has 12 heteroatoms. The molecule has 11 nitrogen and oxygen atoms in total. The van der Waals surface area contributed by atoms with Crippen LogP contribution in [0.3, 0.4) is 0 Å². The molecule has 0 saturated heterocycles. The maximum Gasteiger partial charge on any atom is 0.472 e. The zero-order valence-electron chi connectivity index (χ0n) is 50.9. The number of unbranched alkanes of at least 4 members (excludes halogenated alkanes) is 10. The van der Waals surface area contributed by atoms with Crippen molar-refractivity contribution < 1.29 is 52.2 Å². The molecule has 3 atom stereocenters. The van der Waals surface area contributed by atoms with Gasteiger partial charge in [-0.3, -0.25) is 23.4 Å². The molecule has 0 amide bonds. The van der Waals surface area contributed by atoms with Crippen LogP contribution in [-0.2, 0) is 42.2 Å². The Labute approximate surface area is 497 Å². The van der Waals surface area contributed by atoms with Crippen LogP contribution in [0.2, 0.25) is 0 Å². The van der Waals surface area contributed by atoms with Crippen LogP contribution < -0.4 is 0 Å². The molecule has 2 N–H and O–H groups in total. The summed E-state index contributed by atoms with van der Waals surface area (Å²) in [6, 6.07) is 0. The molecule has 0 radical (unpaired) electrons. The van der Waals surface area contributed by atoms with Crippen LogP contribution >= 0.6 is 7.82 Å². The molecule has 460 valence electrons. The summed E-state index contributed by atoms with van der Waals surface area (Å²) in [5, 5.41) is 9.85. The lowest BCUT2D eigenvalue weighted by Gasteiger charge is -2.21. The highest BCUT2D eigenvalue weighted by Gasteiger charge is 2.28. The van der Waals surface area contributed by atoms with E-state index < -0.39 is 64.4 Å². The molecule has 0 aromatic carbocycles. The maximum absolute atomic E-state index is 12.9. The van der Waals surface area contributed by atoms with E-state index >= 15 is 0 Å². The van der Waals surface area contributed by atoms with Crippen LogP contribution in [0, 0.1) is 0 Å². The third-order valence-corrected chi connectivity index (χ3v) is 13.1. The molecule has 0 aromatic rings. The third-order valence-electron chi connectivity index (χ3n) is 12.1. The molecule has 0 saturated carbocycles. The van der Waals surface area contributed by atoms with E-state index in [0.29, 0.717) is 19.3 Å². The minimum absolute atomic E-state index is 0.0860. The van der Waals surface area contributed by atoms with Crippen molar-refractivity contribution >= 4 is 25.7 Å². The number of carbonyl (C=O) groups excluding carboxylic acids is 3. The van der Waals surface area contributed by atoms with Gasteiger partial charge in [-0.05, 0) is 135 Å². The standard InChI is InChI=1S/C70H109O11P/c1-4-7-10-13-16-19-22-25-28-31-33-36-38-41-44-47-50-53-56-59-68(72)77-63-67(81-70(74)61-58-55-52-49-46-43-40-37-34-32-29-26-23-20-17-14-11-8-5-2)65-79-82(75,76)78-64-66(62-71)80-69(73)60-57-54-51-48-45-42-39-35-30-27-24-21-18-15-12-9-6-3/h7-12,16-21,25-30,33-34,36-37,39,41-42,44,50,53,66-67,71H,4-6,13-15,22-24,31-32,35,38,40,43,45-49,51-52,54-65H2,1-3H3,(H,75,76)/b10-7-,11-8-,12-9-,19-16-,20-17-,21-18-,28-25-,29-26-,30-27-,36-33-,37-34-,42-39-,44-41-,53-50-. The van der Waals surface area contributed by atoms with Gasteiger partial charge in [0.2, 0.25) is 0 Å². The van der Waals surface area contributed by atoms with E-state index in [1.807, 2.05) is 12.2 Å². The van der Waals surface area contributed by atoms with Crippen LogP contribution in [0.15, 0.2) is 170 Å². The summed E-state index contributed by atoms with van der Waals surface area (Å²) in [5.41, 5.74) is 0. The number of rotatable bonds is 55. The summed E-state index contributed by atoms with van der Waals surface area (Å²) >= 11 is 0. The maximum atomic E-state index is 12.9. The summed E-state index contributed by atoms with van der Waals surface area (Å²) in [7, 11) is -4.79. The van der Waals surface area contributed by atoms with Crippen LogP contribution in [0.1, 0.15) is 213 Å². The fraction of sp³-hybridized carbons (Fsp3) is 0.557. The van der Waals surface area contributed by atoms with Crippen LogP contribution in [0.4, 0.5) is 0 Å². The molecule has 0 aromatic heterocycles. The highest BCUT2D eigenvalue weighted by Crippen LogP contribution is 2.43. The molecule has 0 heterocycles. The highest BCUT2D eigenvalue weighted by atomic mass is 31.2. The molecule has 0 aliphatic heterocycles. The smallest absolute Gasteiger partial charge is 0.462 e. The first-order valence-corrected chi connectivity index (χ1v) is 32.5. The van der Waals surface area contributed by atoms with Gasteiger partial charge >= 0.3 is 25.7 Å². The number of hydrogen-bond donors (Lipinski definition) is 2. The SMILES string of the molecule is CC/C=C\C/C=C\C/C=C\C/C=C\C/C=C\C/C=C\CCC(=O)OCC(COP(=O)(O)OCC(CO)OC(=O)CCCCCC/C=C\C/C=C\C/C=C\C/C=C\CC)OC(=O)CCCCCCCC/C=C\C/C=C\C/C=C\C/C=C\CC. The third kappa shape index (κ3) is 59.5. The van der Waals surface area contributed by atoms with Gasteiger partial charge in [-0.25, -0.2) is 4.57 Å². The van der Waals surface area contributed by atoms with E-state index in [1.165, 1.54) is 0 Å². The van der Waals surface area contributed by atoms with E-state index in [0.717, 1.165) is 154 Å². The normalized spacial score (nSPS) is 14.5.